The summed E-state index contributed by atoms with van der Waals surface area (Å²) in [5.41, 5.74) is 3.39. The molecular weight excluding hydrogens is 683 g/mol. The summed E-state index contributed by atoms with van der Waals surface area (Å²) < 4.78 is 19.7. The first-order valence-corrected chi connectivity index (χ1v) is 19.4. The molecule has 1 saturated carbocycles. The fourth-order valence-electron chi connectivity index (χ4n) is 7.73. The summed E-state index contributed by atoms with van der Waals surface area (Å²) in [6.45, 7) is 22.8. The van der Waals surface area contributed by atoms with Crippen molar-refractivity contribution in [2.75, 3.05) is 12.4 Å². The van der Waals surface area contributed by atoms with Crippen molar-refractivity contribution in [1.82, 2.24) is 14.6 Å². The SMILES string of the molecule is [C-]#[N+]c1cn2[nH]c(-c3ccc(OC)c(Nc4cc(C(C)(C)C)ccc4OC(CCCCCCCC)C(=O)O)c3)nc2c1C(=O)OC1C(C)CC(C)CC1C. The molecule has 5 rings (SSSR count). The lowest BCUT2D eigenvalue weighted by Gasteiger charge is -2.37. The van der Waals surface area contributed by atoms with Crippen LogP contribution in [0.5, 0.6) is 11.5 Å². The van der Waals surface area contributed by atoms with E-state index < -0.39 is 18.0 Å². The number of aromatic amines is 1. The molecule has 290 valence electrons. The molecule has 1 fully saturated rings. The van der Waals surface area contributed by atoms with Gasteiger partial charge >= 0.3 is 11.9 Å². The average Bonchev–Trinajstić information content (AvgIpc) is 3.69. The van der Waals surface area contributed by atoms with Crippen molar-refractivity contribution < 1.29 is 28.9 Å². The van der Waals surface area contributed by atoms with Crippen LogP contribution in [0, 0.1) is 24.3 Å². The smallest absolute Gasteiger partial charge is 0.344 e. The first-order valence-electron chi connectivity index (χ1n) is 19.4. The summed E-state index contributed by atoms with van der Waals surface area (Å²) in [7, 11) is 1.58. The lowest BCUT2D eigenvalue weighted by atomic mass is 9.75. The fourth-order valence-corrected chi connectivity index (χ4v) is 7.73. The Morgan fingerprint density at radius 1 is 1.02 bits per heavy atom. The van der Waals surface area contributed by atoms with Crippen molar-refractivity contribution >= 4 is 34.6 Å². The highest BCUT2D eigenvalue weighted by Crippen LogP contribution is 2.40. The number of carboxylic acid groups (broad SMARTS) is 1. The zero-order valence-corrected chi connectivity index (χ0v) is 33.1. The summed E-state index contributed by atoms with van der Waals surface area (Å²) in [5.74, 6) is 0.909. The molecule has 11 nitrogen and oxygen atoms in total. The molecule has 0 radical (unpaired) electrons. The van der Waals surface area contributed by atoms with E-state index in [9.17, 15) is 14.7 Å². The Labute approximate surface area is 319 Å². The van der Waals surface area contributed by atoms with Crippen molar-refractivity contribution in [2.45, 2.75) is 124 Å². The molecule has 0 spiro atoms. The number of anilines is 2. The molecule has 4 aromatic rings. The van der Waals surface area contributed by atoms with E-state index in [-0.39, 0.29) is 34.6 Å². The van der Waals surface area contributed by atoms with Crippen LogP contribution in [-0.4, -0.2) is 51.0 Å². The Hall–Kier alpha value is -4.98. The van der Waals surface area contributed by atoms with E-state index in [1.807, 2.05) is 36.4 Å². The summed E-state index contributed by atoms with van der Waals surface area (Å²) in [4.78, 5) is 34.4. The Kier molecular flexibility index (Phi) is 13.0. The third-order valence-corrected chi connectivity index (χ3v) is 10.6. The number of aliphatic carboxylic acids is 1. The maximum atomic E-state index is 13.7. The van der Waals surface area contributed by atoms with Crippen LogP contribution in [0.25, 0.3) is 21.9 Å². The van der Waals surface area contributed by atoms with Gasteiger partial charge in [0.05, 0.1) is 25.1 Å². The van der Waals surface area contributed by atoms with Crippen LogP contribution < -0.4 is 14.8 Å². The number of nitrogens with zero attached hydrogens (tertiary/aromatic N) is 3. The second-order valence-corrected chi connectivity index (χ2v) is 16.2. The number of carbonyl (C=O) groups is 2. The highest BCUT2D eigenvalue weighted by Gasteiger charge is 2.36. The number of rotatable bonds is 16. The quantitative estimate of drug-likeness (QED) is 0.0588. The Morgan fingerprint density at radius 3 is 2.33 bits per heavy atom. The number of aromatic nitrogens is 3. The minimum absolute atomic E-state index is 0.145. The van der Waals surface area contributed by atoms with Crippen molar-refractivity contribution in [1.29, 1.82) is 0 Å². The molecule has 0 saturated heterocycles. The van der Waals surface area contributed by atoms with Crippen LogP contribution in [0.15, 0.2) is 42.6 Å². The molecule has 54 heavy (non-hydrogen) atoms. The number of H-pyrrole nitrogens is 1. The molecule has 3 N–H and O–H groups in total. The number of esters is 1. The van der Waals surface area contributed by atoms with Crippen molar-refractivity contribution in [3.8, 4) is 22.9 Å². The Balaban J connectivity index is 1.45. The zero-order valence-electron chi connectivity index (χ0n) is 33.1. The van der Waals surface area contributed by atoms with Gasteiger partial charge in [0.2, 0.25) is 5.69 Å². The predicted octanol–water partition coefficient (Wildman–Crippen LogP) is 10.7. The number of hydrogen-bond acceptors (Lipinski definition) is 7. The van der Waals surface area contributed by atoms with Gasteiger partial charge in [-0.3, -0.25) is 9.61 Å². The molecule has 1 aliphatic carbocycles. The zero-order chi connectivity index (χ0) is 39.2. The molecule has 3 unspecified atom stereocenters. The van der Waals surface area contributed by atoms with Gasteiger partial charge in [0, 0.05) is 11.8 Å². The van der Waals surface area contributed by atoms with Gasteiger partial charge in [-0.25, -0.2) is 19.4 Å². The monoisotopic (exact) mass is 739 g/mol. The van der Waals surface area contributed by atoms with E-state index in [2.05, 4.69) is 63.7 Å². The van der Waals surface area contributed by atoms with E-state index >= 15 is 0 Å². The van der Waals surface area contributed by atoms with E-state index in [4.69, 9.17) is 25.8 Å². The highest BCUT2D eigenvalue weighted by atomic mass is 16.5. The number of fused-ring (bicyclic) bond motifs is 1. The first-order chi connectivity index (χ1) is 25.7. The predicted molar refractivity (Wildman–Crippen MR) is 212 cm³/mol. The lowest BCUT2D eigenvalue weighted by molar-refractivity contribution is -0.145. The lowest BCUT2D eigenvalue weighted by Crippen LogP contribution is -2.37. The number of nitrogens with one attached hydrogen (secondary N) is 2. The molecule has 1 aliphatic rings. The van der Waals surface area contributed by atoms with E-state index in [1.165, 1.54) is 6.42 Å². The maximum absolute atomic E-state index is 13.7. The van der Waals surface area contributed by atoms with Crippen LogP contribution in [0.4, 0.5) is 17.1 Å². The van der Waals surface area contributed by atoms with Crippen LogP contribution in [0.2, 0.25) is 0 Å². The van der Waals surface area contributed by atoms with Gasteiger partial charge in [-0.1, -0.05) is 86.6 Å². The number of hydrogen-bond donors (Lipinski definition) is 3. The number of carboxylic acids is 1. The van der Waals surface area contributed by atoms with Gasteiger partial charge in [0.15, 0.2) is 17.6 Å². The molecule has 3 atom stereocenters. The molecule has 0 amide bonds. The van der Waals surface area contributed by atoms with Crippen LogP contribution in [0.3, 0.4) is 0 Å². The van der Waals surface area contributed by atoms with Gasteiger partial charge in [-0.15, -0.1) is 0 Å². The van der Waals surface area contributed by atoms with Crippen LogP contribution in [-0.2, 0) is 14.9 Å². The average molecular weight is 740 g/mol. The second kappa shape index (κ2) is 17.4. The molecule has 0 aliphatic heterocycles. The normalized spacial score (nSPS) is 19.2. The van der Waals surface area contributed by atoms with Crippen molar-refractivity contribution in [2.24, 2.45) is 17.8 Å². The van der Waals surface area contributed by atoms with E-state index in [0.29, 0.717) is 52.2 Å². The van der Waals surface area contributed by atoms with Crippen molar-refractivity contribution in [3.05, 3.63) is 65.1 Å². The van der Waals surface area contributed by atoms with Crippen LogP contribution >= 0.6 is 0 Å². The summed E-state index contributed by atoms with van der Waals surface area (Å²) in [6.07, 6.45) is 9.04. The largest absolute Gasteiger partial charge is 0.495 e. The minimum atomic E-state index is -0.995. The third kappa shape index (κ3) is 9.38. The third-order valence-electron chi connectivity index (χ3n) is 10.6. The van der Waals surface area contributed by atoms with Crippen LogP contribution in [0.1, 0.15) is 122 Å². The molecule has 2 aromatic heterocycles. The number of methoxy groups -OCH3 is 1. The highest BCUT2D eigenvalue weighted by molar-refractivity contribution is 6.03. The first kappa shape index (κ1) is 40.2. The molecular formula is C43H57N5O6. The topological polar surface area (TPSA) is 132 Å². The van der Waals surface area contributed by atoms with Gasteiger partial charge < -0.3 is 24.6 Å². The molecule has 11 heteroatoms. The fraction of sp³-hybridized carbons (Fsp3) is 0.535. The number of benzene rings is 2. The molecule has 2 aromatic carbocycles. The van der Waals surface area contributed by atoms with Gasteiger partial charge in [-0.2, -0.15) is 0 Å². The maximum Gasteiger partial charge on any atom is 0.344 e. The van der Waals surface area contributed by atoms with E-state index in [1.54, 1.807) is 17.8 Å². The Bertz CT molecular complexity index is 1950. The van der Waals surface area contributed by atoms with Crippen molar-refractivity contribution in [3.63, 3.8) is 0 Å². The number of carbonyl (C=O) groups excluding carboxylic acids is 1. The van der Waals surface area contributed by atoms with Gasteiger partial charge in [-0.05, 0) is 84.7 Å². The molecule has 0 bridgehead atoms. The summed E-state index contributed by atoms with van der Waals surface area (Å²) >= 11 is 0. The molecule has 2 heterocycles. The minimum Gasteiger partial charge on any atom is -0.495 e. The Morgan fingerprint density at radius 2 is 1.69 bits per heavy atom. The van der Waals surface area contributed by atoms with Gasteiger partial charge in [0.1, 0.15) is 23.2 Å². The summed E-state index contributed by atoms with van der Waals surface area (Å²) in [5, 5.41) is 16.8. The number of unbranched alkanes of at least 4 members (excludes halogenated alkanes) is 5. The van der Waals surface area contributed by atoms with E-state index in [0.717, 1.165) is 50.5 Å². The second-order valence-electron chi connectivity index (χ2n) is 16.2. The summed E-state index contributed by atoms with van der Waals surface area (Å²) in [6, 6.07) is 11.3. The van der Waals surface area contributed by atoms with Gasteiger partial charge in [0.25, 0.3) is 0 Å². The standard InChI is InChI=1S/C43H57N5O6/c1-10-11-12-13-14-15-16-36(41(49)50)53-35-20-18-30(43(5,6)7)24-32(35)45-31-23-29(17-19-34(31)52-9)39-46-40-37(33(44-8)25-48(40)47-39)42(51)54-38-27(3)21-26(2)22-28(38)4/h17-20,23-28,36,38,45H,10-16,21-22H2,1-7,9H3,(H,46,47)(H,49,50). The number of ether oxygens (including phenoxy) is 3.